The molecule has 0 atom stereocenters. The number of carbonyl (C=O) groups excluding carboxylic acids is 1. The van der Waals surface area contributed by atoms with Crippen molar-refractivity contribution in [2.24, 2.45) is 0 Å². The molecule has 2 aromatic rings. The summed E-state index contributed by atoms with van der Waals surface area (Å²) in [5.41, 5.74) is 2.37. The van der Waals surface area contributed by atoms with E-state index in [1.165, 1.54) is 23.1 Å². The van der Waals surface area contributed by atoms with Crippen LogP contribution in [-0.2, 0) is 4.79 Å². The van der Waals surface area contributed by atoms with Crippen molar-refractivity contribution >= 4 is 46.3 Å². The van der Waals surface area contributed by atoms with Crippen molar-refractivity contribution in [2.45, 2.75) is 15.7 Å². The van der Waals surface area contributed by atoms with Crippen LogP contribution in [0, 0.1) is 0 Å². The van der Waals surface area contributed by atoms with Crippen LogP contribution in [0.5, 0.6) is 0 Å². The lowest BCUT2D eigenvalue weighted by Gasteiger charge is -2.07. The van der Waals surface area contributed by atoms with Gasteiger partial charge < -0.3 is 10.6 Å². The molecule has 8 heteroatoms. The molecule has 20 heavy (non-hydrogen) atoms. The van der Waals surface area contributed by atoms with Gasteiger partial charge in [-0.2, -0.15) is 0 Å². The van der Waals surface area contributed by atoms with Crippen LogP contribution in [0.1, 0.15) is 6.42 Å². The smallest absolute Gasteiger partial charge is 0.225 e. The number of rotatable bonds is 6. The molecule has 0 radical (unpaired) electrons. The minimum absolute atomic E-state index is 0.0417. The number of benzene rings is 1. The van der Waals surface area contributed by atoms with Crippen LogP contribution in [0.3, 0.4) is 0 Å². The lowest BCUT2D eigenvalue weighted by atomic mass is 10.3. The quantitative estimate of drug-likeness (QED) is 0.853. The maximum absolute atomic E-state index is 11.6. The van der Waals surface area contributed by atoms with Crippen molar-refractivity contribution in [1.29, 1.82) is 0 Å². The van der Waals surface area contributed by atoms with E-state index in [1.807, 2.05) is 19.2 Å². The number of carbonyl (C=O) groups is 1. The standard InChI is InChI=1S/C12H13ClN4OS2/c1-14-5-4-11(18)16-8-2-3-10(9(13)6-8)20-12-17-15-7-19-12/h2-3,6-7,14H,4-5H2,1H3,(H,16,18). The molecule has 2 rings (SSSR count). The average molecular weight is 329 g/mol. The Morgan fingerprint density at radius 2 is 2.35 bits per heavy atom. The summed E-state index contributed by atoms with van der Waals surface area (Å²) in [4.78, 5) is 12.5. The van der Waals surface area contributed by atoms with Crippen LogP contribution < -0.4 is 10.6 Å². The first-order chi connectivity index (χ1) is 9.69. The van der Waals surface area contributed by atoms with Gasteiger partial charge in [-0.05, 0) is 25.2 Å². The molecule has 0 spiro atoms. The van der Waals surface area contributed by atoms with E-state index < -0.39 is 0 Å². The van der Waals surface area contributed by atoms with E-state index in [9.17, 15) is 4.79 Å². The highest BCUT2D eigenvalue weighted by Gasteiger charge is 2.08. The van der Waals surface area contributed by atoms with Gasteiger partial charge in [0.15, 0.2) is 4.34 Å². The van der Waals surface area contributed by atoms with E-state index in [2.05, 4.69) is 20.8 Å². The molecule has 5 nitrogen and oxygen atoms in total. The van der Waals surface area contributed by atoms with Crippen molar-refractivity contribution in [3.63, 3.8) is 0 Å². The minimum Gasteiger partial charge on any atom is -0.326 e. The molecule has 0 unspecified atom stereocenters. The molecule has 1 heterocycles. The first-order valence-electron chi connectivity index (χ1n) is 5.87. The highest BCUT2D eigenvalue weighted by atomic mass is 35.5. The van der Waals surface area contributed by atoms with Gasteiger partial charge in [0.25, 0.3) is 0 Å². The van der Waals surface area contributed by atoms with E-state index >= 15 is 0 Å². The second-order valence-electron chi connectivity index (χ2n) is 3.85. The van der Waals surface area contributed by atoms with Gasteiger partial charge in [-0.1, -0.05) is 34.7 Å². The van der Waals surface area contributed by atoms with E-state index in [0.717, 1.165) is 9.24 Å². The molecule has 0 bridgehead atoms. The molecule has 2 N–H and O–H groups in total. The molecule has 0 aliphatic heterocycles. The van der Waals surface area contributed by atoms with Crippen molar-refractivity contribution in [2.75, 3.05) is 18.9 Å². The predicted octanol–water partition coefficient (Wildman–Crippen LogP) is 2.89. The van der Waals surface area contributed by atoms with E-state index in [1.54, 1.807) is 11.6 Å². The highest BCUT2D eigenvalue weighted by molar-refractivity contribution is 8.01. The maximum Gasteiger partial charge on any atom is 0.225 e. The zero-order chi connectivity index (χ0) is 14.4. The largest absolute Gasteiger partial charge is 0.326 e. The number of nitrogens with one attached hydrogen (secondary N) is 2. The molecular weight excluding hydrogens is 316 g/mol. The first kappa shape index (κ1) is 15.2. The van der Waals surface area contributed by atoms with E-state index in [0.29, 0.717) is 23.7 Å². The SMILES string of the molecule is CNCCC(=O)Nc1ccc(Sc2nncs2)c(Cl)c1. The third-order valence-corrected chi connectivity index (χ3v) is 4.63. The first-order valence-corrected chi connectivity index (χ1v) is 7.94. The Morgan fingerprint density at radius 3 is 3.00 bits per heavy atom. The number of hydrogen-bond donors (Lipinski definition) is 2. The molecule has 0 fully saturated rings. The van der Waals surface area contributed by atoms with Gasteiger partial charge in [0.1, 0.15) is 5.51 Å². The third kappa shape index (κ3) is 4.45. The van der Waals surface area contributed by atoms with E-state index in [-0.39, 0.29) is 5.91 Å². The van der Waals surface area contributed by atoms with Crippen LogP contribution in [0.4, 0.5) is 5.69 Å². The Bertz CT molecular complexity index is 577. The van der Waals surface area contributed by atoms with Gasteiger partial charge in [0.2, 0.25) is 5.91 Å². The second kappa shape index (κ2) is 7.58. The molecule has 0 aliphatic rings. The number of hydrogen-bond acceptors (Lipinski definition) is 6. The molecule has 1 aromatic heterocycles. The van der Waals surface area contributed by atoms with E-state index in [4.69, 9.17) is 11.6 Å². The maximum atomic E-state index is 11.6. The van der Waals surface area contributed by atoms with Crippen LogP contribution in [0.25, 0.3) is 0 Å². The van der Waals surface area contributed by atoms with Gasteiger partial charge in [0, 0.05) is 23.5 Å². The molecule has 1 aromatic carbocycles. The van der Waals surface area contributed by atoms with Crippen molar-refractivity contribution in [3.8, 4) is 0 Å². The highest BCUT2D eigenvalue weighted by Crippen LogP contribution is 2.35. The zero-order valence-corrected chi connectivity index (χ0v) is 13.1. The second-order valence-corrected chi connectivity index (χ2v) is 6.38. The molecule has 0 saturated heterocycles. The summed E-state index contributed by atoms with van der Waals surface area (Å²) < 4.78 is 0.831. The van der Waals surface area contributed by atoms with Gasteiger partial charge in [-0.15, -0.1) is 10.2 Å². The summed E-state index contributed by atoms with van der Waals surface area (Å²) in [6.45, 7) is 0.643. The Kier molecular flexibility index (Phi) is 5.78. The fraction of sp³-hybridized carbons (Fsp3) is 0.250. The number of aromatic nitrogens is 2. The third-order valence-electron chi connectivity index (χ3n) is 2.36. The van der Waals surface area contributed by atoms with Crippen LogP contribution >= 0.6 is 34.7 Å². The summed E-state index contributed by atoms with van der Waals surface area (Å²) in [6.07, 6.45) is 0.426. The minimum atomic E-state index is -0.0417. The van der Waals surface area contributed by atoms with Crippen molar-refractivity contribution < 1.29 is 4.79 Å². The lowest BCUT2D eigenvalue weighted by Crippen LogP contribution is -2.18. The zero-order valence-electron chi connectivity index (χ0n) is 10.7. The number of amides is 1. The monoisotopic (exact) mass is 328 g/mol. The summed E-state index contributed by atoms with van der Waals surface area (Å²) >= 11 is 9.11. The van der Waals surface area contributed by atoms with Gasteiger partial charge in [0.05, 0.1) is 5.02 Å². The molecule has 106 valence electrons. The molecule has 0 saturated carbocycles. The van der Waals surface area contributed by atoms with Crippen LogP contribution in [0.2, 0.25) is 5.02 Å². The average Bonchev–Trinajstić information content (AvgIpc) is 2.92. The Balaban J connectivity index is 2.00. The van der Waals surface area contributed by atoms with Crippen LogP contribution in [-0.4, -0.2) is 29.7 Å². The number of anilines is 1. The van der Waals surface area contributed by atoms with Gasteiger partial charge in [-0.3, -0.25) is 4.79 Å². The van der Waals surface area contributed by atoms with Crippen LogP contribution in [0.15, 0.2) is 32.9 Å². The fourth-order valence-electron chi connectivity index (χ4n) is 1.42. The number of halogens is 1. The summed E-state index contributed by atoms with van der Waals surface area (Å²) in [5, 5.41) is 14.0. The fourth-order valence-corrected chi connectivity index (χ4v) is 3.16. The summed E-state index contributed by atoms with van der Waals surface area (Å²) in [5.74, 6) is -0.0417. The van der Waals surface area contributed by atoms with Gasteiger partial charge in [-0.25, -0.2) is 0 Å². The lowest BCUT2D eigenvalue weighted by molar-refractivity contribution is -0.116. The molecular formula is C12H13ClN4OS2. The predicted molar refractivity (Wildman–Crippen MR) is 82.7 cm³/mol. The summed E-state index contributed by atoms with van der Waals surface area (Å²) in [6, 6.07) is 5.43. The Morgan fingerprint density at radius 1 is 1.50 bits per heavy atom. The van der Waals surface area contributed by atoms with Crippen molar-refractivity contribution in [1.82, 2.24) is 15.5 Å². The Hall–Kier alpha value is -1.15. The normalized spacial score (nSPS) is 10.5. The molecule has 1 amide bonds. The summed E-state index contributed by atoms with van der Waals surface area (Å²) in [7, 11) is 1.81. The number of nitrogens with zero attached hydrogens (tertiary/aromatic N) is 2. The topological polar surface area (TPSA) is 66.9 Å². The molecule has 0 aliphatic carbocycles. The van der Waals surface area contributed by atoms with Gasteiger partial charge >= 0.3 is 0 Å². The van der Waals surface area contributed by atoms with Crippen molar-refractivity contribution in [3.05, 3.63) is 28.7 Å². The Labute approximate surface area is 130 Å².